The Labute approximate surface area is 202 Å². The van der Waals surface area contributed by atoms with Crippen LogP contribution in [-0.4, -0.2) is 19.8 Å². The molecule has 1 aliphatic rings. The Kier molecular flexibility index (Phi) is 7.96. The number of hydrogen-bond acceptors (Lipinski definition) is 3. The summed E-state index contributed by atoms with van der Waals surface area (Å²) < 4.78 is 74.2. The van der Waals surface area contributed by atoms with Crippen LogP contribution >= 0.6 is 0 Å². The van der Waals surface area contributed by atoms with E-state index in [4.69, 9.17) is 14.2 Å². The van der Waals surface area contributed by atoms with E-state index in [-0.39, 0.29) is 42.1 Å². The van der Waals surface area contributed by atoms with Gasteiger partial charge in [0.1, 0.15) is 12.4 Å². The largest absolute Gasteiger partial charge is 0.491 e. The predicted molar refractivity (Wildman–Crippen MR) is 126 cm³/mol. The molecule has 0 aliphatic heterocycles. The summed E-state index contributed by atoms with van der Waals surface area (Å²) in [6.07, 6.45) is 3.37. The Hall–Kier alpha value is -3.06. The average molecular weight is 489 g/mol. The van der Waals surface area contributed by atoms with Crippen molar-refractivity contribution >= 4 is 0 Å². The molecule has 0 radical (unpaired) electrons. The van der Waals surface area contributed by atoms with Gasteiger partial charge < -0.3 is 14.2 Å². The maximum Gasteiger partial charge on any atom is 0.201 e. The fourth-order valence-electron chi connectivity index (χ4n) is 4.55. The third-order valence-electron chi connectivity index (χ3n) is 6.55. The fraction of sp³-hybridized carbons (Fsp3) is 0.357. The number of hydrogen-bond donors (Lipinski definition) is 0. The SMILES string of the molecule is CCOc1ccc(COc2ccc(-c3ccc(C4CCC(OC)CC4)c(F)c3F)cc2)c(F)c1F. The smallest absolute Gasteiger partial charge is 0.201 e. The molecule has 3 nitrogen and oxygen atoms in total. The van der Waals surface area contributed by atoms with Crippen molar-refractivity contribution < 1.29 is 31.8 Å². The second-order valence-corrected chi connectivity index (χ2v) is 8.64. The van der Waals surface area contributed by atoms with E-state index >= 15 is 0 Å². The molecule has 0 aromatic heterocycles. The summed E-state index contributed by atoms with van der Waals surface area (Å²) in [5.41, 5.74) is 1.09. The van der Waals surface area contributed by atoms with Gasteiger partial charge >= 0.3 is 0 Å². The first-order valence-electron chi connectivity index (χ1n) is 11.8. The molecule has 3 aromatic rings. The molecular formula is C28H28F4O3. The van der Waals surface area contributed by atoms with Gasteiger partial charge in [-0.05, 0) is 73.9 Å². The quantitative estimate of drug-likeness (QED) is 0.306. The summed E-state index contributed by atoms with van der Waals surface area (Å²) in [5, 5.41) is 0. The Morgan fingerprint density at radius 3 is 2.11 bits per heavy atom. The molecule has 1 aliphatic carbocycles. The van der Waals surface area contributed by atoms with E-state index in [1.807, 2.05) is 0 Å². The topological polar surface area (TPSA) is 27.7 Å². The summed E-state index contributed by atoms with van der Waals surface area (Å²) >= 11 is 0. The van der Waals surface area contributed by atoms with Crippen molar-refractivity contribution in [1.82, 2.24) is 0 Å². The van der Waals surface area contributed by atoms with Crippen molar-refractivity contribution in [2.45, 2.75) is 51.2 Å². The standard InChI is InChI=1S/C28H28F4O3/c1-3-34-24-15-8-19(25(29)28(24)32)16-35-21-11-6-18(7-12-21)23-14-13-22(26(30)27(23)31)17-4-9-20(33-2)10-5-17/h6-8,11-15,17,20H,3-5,9-10,16H2,1-2H3. The zero-order valence-electron chi connectivity index (χ0n) is 19.8. The van der Waals surface area contributed by atoms with Gasteiger partial charge in [-0.25, -0.2) is 13.2 Å². The minimum atomic E-state index is -1.06. The van der Waals surface area contributed by atoms with Gasteiger partial charge in [0.2, 0.25) is 5.82 Å². The molecule has 0 atom stereocenters. The average Bonchev–Trinajstić information content (AvgIpc) is 2.88. The molecule has 35 heavy (non-hydrogen) atoms. The first kappa shape index (κ1) is 25.0. The van der Waals surface area contributed by atoms with Crippen molar-refractivity contribution in [3.63, 3.8) is 0 Å². The second-order valence-electron chi connectivity index (χ2n) is 8.64. The molecule has 1 fully saturated rings. The zero-order valence-corrected chi connectivity index (χ0v) is 19.8. The molecule has 0 amide bonds. The van der Waals surface area contributed by atoms with Crippen LogP contribution in [0.5, 0.6) is 11.5 Å². The summed E-state index contributed by atoms with van der Waals surface area (Å²) in [7, 11) is 1.68. The van der Waals surface area contributed by atoms with Crippen LogP contribution in [0, 0.1) is 23.3 Å². The van der Waals surface area contributed by atoms with Gasteiger partial charge in [-0.15, -0.1) is 0 Å². The zero-order chi connectivity index (χ0) is 24.9. The highest BCUT2D eigenvalue weighted by atomic mass is 19.2. The monoisotopic (exact) mass is 488 g/mol. The fourth-order valence-corrected chi connectivity index (χ4v) is 4.55. The summed E-state index contributed by atoms with van der Waals surface area (Å²) in [5.74, 6) is -3.56. The predicted octanol–water partition coefficient (Wildman–Crippen LogP) is 7.56. The van der Waals surface area contributed by atoms with Crippen molar-refractivity contribution in [3.05, 3.63) is 82.9 Å². The molecule has 0 saturated heterocycles. The van der Waals surface area contributed by atoms with Crippen LogP contribution in [0.2, 0.25) is 0 Å². The summed E-state index contributed by atoms with van der Waals surface area (Å²) in [4.78, 5) is 0. The number of ether oxygens (including phenoxy) is 3. The van der Waals surface area contributed by atoms with Gasteiger partial charge in [-0.1, -0.05) is 24.3 Å². The third kappa shape index (κ3) is 5.45. The first-order chi connectivity index (χ1) is 16.9. The molecule has 3 aromatic carbocycles. The lowest BCUT2D eigenvalue weighted by molar-refractivity contribution is 0.0655. The van der Waals surface area contributed by atoms with Crippen LogP contribution in [0.4, 0.5) is 17.6 Å². The van der Waals surface area contributed by atoms with Crippen LogP contribution < -0.4 is 9.47 Å². The highest BCUT2D eigenvalue weighted by Gasteiger charge is 2.26. The number of methoxy groups -OCH3 is 1. The summed E-state index contributed by atoms with van der Waals surface area (Å²) in [6, 6.07) is 12.4. The van der Waals surface area contributed by atoms with Crippen LogP contribution in [0.15, 0.2) is 48.5 Å². The van der Waals surface area contributed by atoms with Crippen LogP contribution in [-0.2, 0) is 11.3 Å². The molecule has 0 unspecified atom stereocenters. The Balaban J connectivity index is 1.44. The maximum absolute atomic E-state index is 15.0. The molecule has 0 N–H and O–H groups in total. The summed E-state index contributed by atoms with van der Waals surface area (Å²) in [6.45, 7) is 1.71. The van der Waals surface area contributed by atoms with E-state index in [0.717, 1.165) is 25.7 Å². The van der Waals surface area contributed by atoms with E-state index in [0.29, 0.717) is 16.9 Å². The van der Waals surface area contributed by atoms with Crippen LogP contribution in [0.1, 0.15) is 49.7 Å². The minimum Gasteiger partial charge on any atom is -0.491 e. The molecule has 4 rings (SSSR count). The Morgan fingerprint density at radius 1 is 0.743 bits per heavy atom. The van der Waals surface area contributed by atoms with Gasteiger partial charge in [-0.2, -0.15) is 4.39 Å². The molecule has 1 saturated carbocycles. The Bertz CT molecular complexity index is 1160. The maximum atomic E-state index is 15.0. The van der Waals surface area contributed by atoms with E-state index in [1.54, 1.807) is 50.4 Å². The van der Waals surface area contributed by atoms with Crippen molar-refractivity contribution in [1.29, 1.82) is 0 Å². The highest BCUT2D eigenvalue weighted by Crippen LogP contribution is 2.38. The van der Waals surface area contributed by atoms with Gasteiger partial charge in [-0.3, -0.25) is 0 Å². The minimum absolute atomic E-state index is 0.0199. The molecule has 0 bridgehead atoms. The van der Waals surface area contributed by atoms with Gasteiger partial charge in [0.05, 0.1) is 12.7 Å². The molecule has 7 heteroatoms. The normalized spacial score (nSPS) is 17.9. The lowest BCUT2D eigenvalue weighted by Crippen LogP contribution is -2.20. The highest BCUT2D eigenvalue weighted by molar-refractivity contribution is 5.65. The van der Waals surface area contributed by atoms with Crippen LogP contribution in [0.3, 0.4) is 0 Å². The van der Waals surface area contributed by atoms with Gasteiger partial charge in [0.15, 0.2) is 23.2 Å². The van der Waals surface area contributed by atoms with Gasteiger partial charge in [0, 0.05) is 18.2 Å². The van der Waals surface area contributed by atoms with Crippen molar-refractivity contribution in [3.8, 4) is 22.6 Å². The van der Waals surface area contributed by atoms with E-state index in [2.05, 4.69) is 0 Å². The number of halogens is 4. The lowest BCUT2D eigenvalue weighted by atomic mass is 9.82. The second kappa shape index (κ2) is 11.1. The number of benzene rings is 3. The molecule has 0 heterocycles. The molecule has 186 valence electrons. The van der Waals surface area contributed by atoms with E-state index in [9.17, 15) is 17.6 Å². The van der Waals surface area contributed by atoms with Crippen LogP contribution in [0.25, 0.3) is 11.1 Å². The first-order valence-corrected chi connectivity index (χ1v) is 11.8. The van der Waals surface area contributed by atoms with Crippen molar-refractivity contribution in [2.75, 3.05) is 13.7 Å². The Morgan fingerprint density at radius 2 is 1.46 bits per heavy atom. The van der Waals surface area contributed by atoms with Gasteiger partial charge in [0.25, 0.3) is 0 Å². The van der Waals surface area contributed by atoms with E-state index < -0.39 is 23.3 Å². The molecule has 0 spiro atoms. The number of rotatable bonds is 8. The lowest BCUT2D eigenvalue weighted by Gasteiger charge is -2.28. The third-order valence-corrected chi connectivity index (χ3v) is 6.55. The van der Waals surface area contributed by atoms with Crippen molar-refractivity contribution in [2.24, 2.45) is 0 Å². The van der Waals surface area contributed by atoms with E-state index in [1.165, 1.54) is 12.1 Å². The molecular weight excluding hydrogens is 460 g/mol.